The van der Waals surface area contributed by atoms with Gasteiger partial charge in [-0.2, -0.15) is 5.10 Å². The van der Waals surface area contributed by atoms with Crippen LogP contribution in [0.2, 0.25) is 0 Å². The zero-order valence-corrected chi connectivity index (χ0v) is 9.16. The maximum atomic E-state index is 4.33. The van der Waals surface area contributed by atoms with Gasteiger partial charge in [0, 0.05) is 32.2 Å². The molecule has 2 rings (SSSR count). The molecule has 0 atom stereocenters. The maximum Gasteiger partial charge on any atom is 0.124 e. The van der Waals surface area contributed by atoms with Crippen LogP contribution >= 0.6 is 0 Å². The van der Waals surface area contributed by atoms with E-state index in [4.69, 9.17) is 0 Å². The second-order valence-electron chi connectivity index (χ2n) is 3.75. The van der Waals surface area contributed by atoms with Gasteiger partial charge in [-0.3, -0.25) is 0 Å². The second-order valence-corrected chi connectivity index (χ2v) is 3.75. The molecule has 1 aromatic heterocycles. The smallest absolute Gasteiger partial charge is 0.124 e. The summed E-state index contributed by atoms with van der Waals surface area (Å²) in [5.41, 5.74) is 0. The van der Waals surface area contributed by atoms with Gasteiger partial charge in [0.2, 0.25) is 0 Å². The lowest BCUT2D eigenvalue weighted by atomic mass is 10.2. The number of anilines is 1. The highest BCUT2D eigenvalue weighted by atomic mass is 15.4. The van der Waals surface area contributed by atoms with Crippen molar-refractivity contribution in [2.45, 2.75) is 13.0 Å². The second kappa shape index (κ2) is 5.14. The first-order chi connectivity index (χ1) is 7.42. The number of hydrogen-bond donors (Lipinski definition) is 3. The molecule has 1 aromatic rings. The van der Waals surface area contributed by atoms with Gasteiger partial charge in [-0.15, -0.1) is 0 Å². The van der Waals surface area contributed by atoms with Gasteiger partial charge in [-0.05, 0) is 6.54 Å². The highest BCUT2D eigenvalue weighted by Crippen LogP contribution is 2.16. The minimum atomic E-state index is 0.529. The number of likely N-dealkylation sites (N-methyl/N-ethyl adjacent to an activating group) is 1. The average Bonchev–Trinajstić information content (AvgIpc) is 2.58. The van der Waals surface area contributed by atoms with Gasteiger partial charge in [0.25, 0.3) is 0 Å². The fourth-order valence-corrected chi connectivity index (χ4v) is 1.65. The highest BCUT2D eigenvalue weighted by Gasteiger charge is 2.21. The average molecular weight is 209 g/mol. The molecule has 1 aliphatic rings. The van der Waals surface area contributed by atoms with Crippen LogP contribution in [0.1, 0.15) is 13.0 Å². The lowest BCUT2D eigenvalue weighted by Crippen LogP contribution is -2.44. The SMILES string of the molecule is CCNCCNc1ccnn1C1CNC1. The van der Waals surface area contributed by atoms with Gasteiger partial charge in [0.1, 0.15) is 5.82 Å². The van der Waals surface area contributed by atoms with Crippen molar-refractivity contribution < 1.29 is 0 Å². The molecule has 1 fully saturated rings. The molecule has 0 aromatic carbocycles. The van der Waals surface area contributed by atoms with Crippen LogP contribution in [0.4, 0.5) is 5.82 Å². The van der Waals surface area contributed by atoms with E-state index in [9.17, 15) is 0 Å². The summed E-state index contributed by atoms with van der Waals surface area (Å²) in [5.74, 6) is 1.12. The van der Waals surface area contributed by atoms with Crippen LogP contribution in [0.5, 0.6) is 0 Å². The van der Waals surface area contributed by atoms with Crippen molar-refractivity contribution in [3.8, 4) is 0 Å². The zero-order valence-electron chi connectivity index (χ0n) is 9.16. The summed E-state index contributed by atoms with van der Waals surface area (Å²) in [6, 6.07) is 2.56. The number of hydrogen-bond acceptors (Lipinski definition) is 4. The van der Waals surface area contributed by atoms with Gasteiger partial charge >= 0.3 is 0 Å². The quantitative estimate of drug-likeness (QED) is 0.579. The Labute approximate surface area is 90.2 Å². The van der Waals surface area contributed by atoms with E-state index in [0.717, 1.165) is 38.5 Å². The van der Waals surface area contributed by atoms with Crippen LogP contribution < -0.4 is 16.0 Å². The molecule has 1 saturated heterocycles. The molecule has 2 heterocycles. The van der Waals surface area contributed by atoms with Crippen molar-refractivity contribution in [1.29, 1.82) is 0 Å². The summed E-state index contributed by atoms with van der Waals surface area (Å²) >= 11 is 0. The van der Waals surface area contributed by atoms with Gasteiger partial charge < -0.3 is 16.0 Å². The summed E-state index contributed by atoms with van der Waals surface area (Å²) in [7, 11) is 0. The van der Waals surface area contributed by atoms with E-state index < -0.39 is 0 Å². The molecular weight excluding hydrogens is 190 g/mol. The first-order valence-electron chi connectivity index (χ1n) is 5.60. The molecule has 0 spiro atoms. The first-order valence-corrected chi connectivity index (χ1v) is 5.60. The highest BCUT2D eigenvalue weighted by molar-refractivity contribution is 5.34. The van der Waals surface area contributed by atoms with E-state index in [1.807, 2.05) is 12.3 Å². The predicted octanol–water partition coefficient (Wildman–Crippen LogP) is 0.0488. The van der Waals surface area contributed by atoms with Crippen molar-refractivity contribution in [3.05, 3.63) is 12.3 Å². The van der Waals surface area contributed by atoms with Crippen LogP contribution in [-0.2, 0) is 0 Å². The molecule has 15 heavy (non-hydrogen) atoms. The Morgan fingerprint density at radius 1 is 1.53 bits per heavy atom. The molecule has 1 aliphatic heterocycles. The van der Waals surface area contributed by atoms with Crippen molar-refractivity contribution in [2.75, 3.05) is 38.0 Å². The third kappa shape index (κ3) is 2.49. The van der Waals surface area contributed by atoms with Crippen molar-refractivity contribution >= 4 is 5.82 Å². The molecule has 0 bridgehead atoms. The van der Waals surface area contributed by atoms with E-state index in [0.29, 0.717) is 6.04 Å². The van der Waals surface area contributed by atoms with E-state index in [1.54, 1.807) is 0 Å². The Kier molecular flexibility index (Phi) is 3.58. The number of nitrogens with one attached hydrogen (secondary N) is 3. The molecule has 5 heteroatoms. The topological polar surface area (TPSA) is 53.9 Å². The van der Waals surface area contributed by atoms with Crippen LogP contribution in [-0.4, -0.2) is 42.5 Å². The molecule has 0 aliphatic carbocycles. The summed E-state index contributed by atoms with van der Waals surface area (Å²) in [5, 5.41) is 14.3. The van der Waals surface area contributed by atoms with E-state index in [2.05, 4.69) is 32.7 Å². The zero-order chi connectivity index (χ0) is 10.5. The molecular formula is C10H19N5. The Bertz CT molecular complexity index is 292. The normalized spacial score (nSPS) is 16.3. The Morgan fingerprint density at radius 2 is 2.40 bits per heavy atom. The summed E-state index contributed by atoms with van der Waals surface area (Å²) in [6.45, 7) is 7.13. The predicted molar refractivity (Wildman–Crippen MR) is 61.2 cm³/mol. The fourth-order valence-electron chi connectivity index (χ4n) is 1.65. The molecule has 3 N–H and O–H groups in total. The Hall–Kier alpha value is -1.07. The summed E-state index contributed by atoms with van der Waals surface area (Å²) in [4.78, 5) is 0. The van der Waals surface area contributed by atoms with Gasteiger partial charge in [-0.25, -0.2) is 4.68 Å². The van der Waals surface area contributed by atoms with Gasteiger partial charge in [0.05, 0.1) is 12.2 Å². The lowest BCUT2D eigenvalue weighted by Gasteiger charge is -2.28. The van der Waals surface area contributed by atoms with E-state index >= 15 is 0 Å². The minimum absolute atomic E-state index is 0.529. The molecule has 0 amide bonds. The third-order valence-electron chi connectivity index (χ3n) is 2.63. The van der Waals surface area contributed by atoms with Crippen LogP contribution in [0, 0.1) is 0 Å². The van der Waals surface area contributed by atoms with Crippen LogP contribution in [0.25, 0.3) is 0 Å². The maximum absolute atomic E-state index is 4.33. The van der Waals surface area contributed by atoms with E-state index in [1.165, 1.54) is 0 Å². The van der Waals surface area contributed by atoms with Gasteiger partial charge in [-0.1, -0.05) is 6.92 Å². The number of nitrogens with zero attached hydrogens (tertiary/aromatic N) is 2. The Morgan fingerprint density at radius 3 is 3.07 bits per heavy atom. The number of aromatic nitrogens is 2. The van der Waals surface area contributed by atoms with Crippen LogP contribution in [0.15, 0.2) is 12.3 Å². The monoisotopic (exact) mass is 209 g/mol. The van der Waals surface area contributed by atoms with Crippen molar-refractivity contribution in [1.82, 2.24) is 20.4 Å². The summed E-state index contributed by atoms with van der Waals surface area (Å²) < 4.78 is 2.07. The summed E-state index contributed by atoms with van der Waals surface area (Å²) in [6.07, 6.45) is 1.86. The third-order valence-corrected chi connectivity index (χ3v) is 2.63. The van der Waals surface area contributed by atoms with E-state index in [-0.39, 0.29) is 0 Å². The van der Waals surface area contributed by atoms with Crippen molar-refractivity contribution in [2.24, 2.45) is 0 Å². The molecule has 0 radical (unpaired) electrons. The van der Waals surface area contributed by atoms with Crippen LogP contribution in [0.3, 0.4) is 0 Å². The molecule has 0 unspecified atom stereocenters. The lowest BCUT2D eigenvalue weighted by molar-refractivity contribution is 0.321. The minimum Gasteiger partial charge on any atom is -0.369 e. The largest absolute Gasteiger partial charge is 0.369 e. The molecule has 84 valence electrons. The van der Waals surface area contributed by atoms with Gasteiger partial charge in [0.15, 0.2) is 0 Å². The number of rotatable bonds is 6. The molecule has 5 nitrogen and oxygen atoms in total. The fraction of sp³-hybridized carbons (Fsp3) is 0.700. The Balaban J connectivity index is 1.82. The standard InChI is InChI=1S/C10H19N5/c1-2-11-5-6-13-10-3-4-14-15(10)9-7-12-8-9/h3-4,9,11-13H,2,5-8H2,1H3. The molecule has 0 saturated carbocycles. The van der Waals surface area contributed by atoms with Crippen molar-refractivity contribution in [3.63, 3.8) is 0 Å². The first kappa shape index (κ1) is 10.4.